The van der Waals surface area contributed by atoms with E-state index in [1.807, 2.05) is 10.8 Å². The summed E-state index contributed by atoms with van der Waals surface area (Å²) in [6, 6.07) is 4.95. The molecule has 2 heterocycles. The first-order valence-electron chi connectivity index (χ1n) is 5.12. The van der Waals surface area contributed by atoms with Crippen molar-refractivity contribution < 1.29 is 4.79 Å². The second kappa shape index (κ2) is 5.45. The zero-order valence-corrected chi connectivity index (χ0v) is 9.76. The summed E-state index contributed by atoms with van der Waals surface area (Å²) in [7, 11) is 0. The van der Waals surface area contributed by atoms with E-state index in [9.17, 15) is 4.79 Å². The Hall–Kier alpha value is -1.88. The van der Waals surface area contributed by atoms with Crippen LogP contribution in [0.1, 0.15) is 10.5 Å². The van der Waals surface area contributed by atoms with Crippen LogP contribution in [0.3, 0.4) is 0 Å². The number of pyridine rings is 1. The Labute approximate surface area is 103 Å². The smallest absolute Gasteiger partial charge is 0.270 e. The van der Waals surface area contributed by atoms with Gasteiger partial charge in [-0.3, -0.25) is 4.79 Å². The highest BCUT2D eigenvalue weighted by Crippen LogP contribution is 2.04. The van der Waals surface area contributed by atoms with E-state index in [1.54, 1.807) is 30.7 Å². The fourth-order valence-corrected chi connectivity index (χ4v) is 1.51. The fraction of sp³-hybridized carbons (Fsp3) is 0.182. The summed E-state index contributed by atoms with van der Waals surface area (Å²) < 4.78 is 1.88. The lowest BCUT2D eigenvalue weighted by Gasteiger charge is -2.05. The van der Waals surface area contributed by atoms with Crippen molar-refractivity contribution in [3.8, 4) is 0 Å². The predicted molar refractivity (Wildman–Crippen MR) is 63.8 cm³/mol. The van der Waals surface area contributed by atoms with Gasteiger partial charge in [-0.1, -0.05) is 17.7 Å². The Balaban J connectivity index is 1.85. The number of imidazole rings is 1. The molecule has 2 aromatic rings. The van der Waals surface area contributed by atoms with Crippen LogP contribution in [-0.2, 0) is 6.54 Å². The highest BCUT2D eigenvalue weighted by molar-refractivity contribution is 6.29. The van der Waals surface area contributed by atoms with Crippen molar-refractivity contribution in [3.05, 3.63) is 47.8 Å². The number of nitrogens with one attached hydrogen (secondary N) is 1. The minimum atomic E-state index is -0.229. The maximum absolute atomic E-state index is 11.7. The van der Waals surface area contributed by atoms with E-state index in [-0.39, 0.29) is 5.91 Å². The topological polar surface area (TPSA) is 59.8 Å². The number of hydrogen-bond acceptors (Lipinski definition) is 3. The second-order valence-corrected chi connectivity index (χ2v) is 3.79. The number of hydrogen-bond donors (Lipinski definition) is 1. The molecule has 88 valence electrons. The molecule has 17 heavy (non-hydrogen) atoms. The molecule has 0 aliphatic rings. The maximum Gasteiger partial charge on any atom is 0.270 e. The normalized spacial score (nSPS) is 10.2. The predicted octanol–water partition coefficient (Wildman–Crippen LogP) is 1.36. The van der Waals surface area contributed by atoms with Gasteiger partial charge in [0.15, 0.2) is 0 Å². The molecular weight excluding hydrogens is 240 g/mol. The van der Waals surface area contributed by atoms with Crippen molar-refractivity contribution in [2.45, 2.75) is 6.54 Å². The van der Waals surface area contributed by atoms with E-state index in [2.05, 4.69) is 15.3 Å². The monoisotopic (exact) mass is 250 g/mol. The molecule has 6 heteroatoms. The van der Waals surface area contributed by atoms with Crippen LogP contribution in [0.2, 0.25) is 5.15 Å². The molecule has 0 aromatic carbocycles. The number of carbonyl (C=O) groups is 1. The van der Waals surface area contributed by atoms with Crippen molar-refractivity contribution in [2.75, 3.05) is 6.54 Å². The van der Waals surface area contributed by atoms with E-state index < -0.39 is 0 Å². The van der Waals surface area contributed by atoms with Crippen LogP contribution in [-0.4, -0.2) is 27.0 Å². The lowest BCUT2D eigenvalue weighted by Crippen LogP contribution is -2.27. The van der Waals surface area contributed by atoms with Gasteiger partial charge >= 0.3 is 0 Å². The maximum atomic E-state index is 11.7. The van der Waals surface area contributed by atoms with Gasteiger partial charge in [0.2, 0.25) is 0 Å². The second-order valence-electron chi connectivity index (χ2n) is 3.40. The largest absolute Gasteiger partial charge is 0.349 e. The molecule has 2 aromatic heterocycles. The van der Waals surface area contributed by atoms with Crippen LogP contribution in [0.4, 0.5) is 0 Å². The Morgan fingerprint density at radius 2 is 2.35 bits per heavy atom. The van der Waals surface area contributed by atoms with Crippen molar-refractivity contribution >= 4 is 17.5 Å². The van der Waals surface area contributed by atoms with E-state index in [1.165, 1.54) is 0 Å². The Kier molecular flexibility index (Phi) is 3.72. The number of halogens is 1. The van der Waals surface area contributed by atoms with Crippen LogP contribution in [0.25, 0.3) is 0 Å². The lowest BCUT2D eigenvalue weighted by molar-refractivity contribution is 0.0947. The number of aromatic nitrogens is 3. The molecule has 5 nitrogen and oxygen atoms in total. The van der Waals surface area contributed by atoms with Crippen molar-refractivity contribution in [2.24, 2.45) is 0 Å². The zero-order valence-electron chi connectivity index (χ0n) is 9.01. The zero-order chi connectivity index (χ0) is 12.1. The third-order valence-electron chi connectivity index (χ3n) is 2.16. The van der Waals surface area contributed by atoms with Gasteiger partial charge in [0.05, 0.1) is 6.33 Å². The molecule has 0 unspecified atom stereocenters. The molecule has 0 saturated carbocycles. The SMILES string of the molecule is O=C(NCCn1ccnc1)c1cccc(Cl)n1. The summed E-state index contributed by atoms with van der Waals surface area (Å²) in [5.74, 6) is -0.229. The van der Waals surface area contributed by atoms with Crippen LogP contribution < -0.4 is 5.32 Å². The van der Waals surface area contributed by atoms with Crippen molar-refractivity contribution in [1.82, 2.24) is 19.9 Å². The standard InChI is InChI=1S/C11H11ClN4O/c12-10-3-1-2-9(15-10)11(17)14-5-7-16-6-4-13-8-16/h1-4,6,8H,5,7H2,(H,14,17). The molecule has 2 rings (SSSR count). The summed E-state index contributed by atoms with van der Waals surface area (Å²) in [5.41, 5.74) is 0.322. The summed E-state index contributed by atoms with van der Waals surface area (Å²) in [4.78, 5) is 19.5. The van der Waals surface area contributed by atoms with Gasteiger partial charge in [-0.15, -0.1) is 0 Å². The average molecular weight is 251 g/mol. The first kappa shape index (κ1) is 11.6. The van der Waals surface area contributed by atoms with Gasteiger partial charge in [0.1, 0.15) is 10.8 Å². The first-order valence-corrected chi connectivity index (χ1v) is 5.50. The molecule has 0 aliphatic heterocycles. The summed E-state index contributed by atoms with van der Waals surface area (Å²) in [6.45, 7) is 1.19. The average Bonchev–Trinajstić information content (AvgIpc) is 2.82. The highest BCUT2D eigenvalue weighted by Gasteiger charge is 2.06. The Morgan fingerprint density at radius 3 is 3.06 bits per heavy atom. The highest BCUT2D eigenvalue weighted by atomic mass is 35.5. The molecule has 0 atom stereocenters. The summed E-state index contributed by atoms with van der Waals surface area (Å²) in [6.07, 6.45) is 5.23. The third kappa shape index (κ3) is 3.29. The van der Waals surface area contributed by atoms with Gasteiger partial charge in [0.25, 0.3) is 5.91 Å². The van der Waals surface area contributed by atoms with Gasteiger partial charge in [-0.2, -0.15) is 0 Å². The molecule has 0 bridgehead atoms. The van der Waals surface area contributed by atoms with Crippen LogP contribution in [0, 0.1) is 0 Å². The number of nitrogens with zero attached hydrogens (tertiary/aromatic N) is 3. The van der Waals surface area contributed by atoms with E-state index >= 15 is 0 Å². The Morgan fingerprint density at radius 1 is 1.47 bits per heavy atom. The molecule has 1 N–H and O–H groups in total. The molecule has 1 amide bonds. The van der Waals surface area contributed by atoms with E-state index in [0.717, 1.165) is 0 Å². The van der Waals surface area contributed by atoms with Gasteiger partial charge < -0.3 is 9.88 Å². The van der Waals surface area contributed by atoms with Crippen LogP contribution >= 0.6 is 11.6 Å². The fourth-order valence-electron chi connectivity index (χ4n) is 1.34. The lowest BCUT2D eigenvalue weighted by atomic mass is 10.3. The Bertz CT molecular complexity index is 498. The molecule has 0 aliphatic carbocycles. The summed E-state index contributed by atoms with van der Waals surface area (Å²) >= 11 is 5.70. The van der Waals surface area contributed by atoms with Gasteiger partial charge in [-0.05, 0) is 12.1 Å². The number of rotatable bonds is 4. The first-order chi connectivity index (χ1) is 8.25. The molecule has 0 radical (unpaired) electrons. The van der Waals surface area contributed by atoms with Gasteiger partial charge in [0, 0.05) is 25.5 Å². The minimum Gasteiger partial charge on any atom is -0.349 e. The number of amides is 1. The van der Waals surface area contributed by atoms with E-state index in [0.29, 0.717) is 23.9 Å². The van der Waals surface area contributed by atoms with Crippen molar-refractivity contribution in [3.63, 3.8) is 0 Å². The minimum absolute atomic E-state index is 0.229. The summed E-state index contributed by atoms with van der Waals surface area (Å²) in [5, 5.41) is 3.07. The number of carbonyl (C=O) groups excluding carboxylic acids is 1. The quantitative estimate of drug-likeness (QED) is 0.834. The van der Waals surface area contributed by atoms with Crippen molar-refractivity contribution in [1.29, 1.82) is 0 Å². The van der Waals surface area contributed by atoms with Crippen LogP contribution in [0.5, 0.6) is 0 Å². The third-order valence-corrected chi connectivity index (χ3v) is 2.37. The van der Waals surface area contributed by atoms with Gasteiger partial charge in [-0.25, -0.2) is 9.97 Å². The van der Waals surface area contributed by atoms with E-state index in [4.69, 9.17) is 11.6 Å². The molecular formula is C11H11ClN4O. The van der Waals surface area contributed by atoms with Crippen LogP contribution in [0.15, 0.2) is 36.9 Å². The molecule has 0 spiro atoms. The molecule has 0 fully saturated rings. The molecule has 0 saturated heterocycles.